The van der Waals surface area contributed by atoms with Gasteiger partial charge in [-0.25, -0.2) is 9.18 Å². The maximum Gasteiger partial charge on any atom is 0.340 e. The molecule has 0 spiro atoms. The van der Waals surface area contributed by atoms with E-state index in [1.165, 1.54) is 13.3 Å². The molecule has 4 nitrogen and oxygen atoms in total. The van der Waals surface area contributed by atoms with Crippen LogP contribution in [0.15, 0.2) is 12.1 Å². The maximum atomic E-state index is 13.4. The number of hydrogen-bond acceptors (Lipinski definition) is 3. The Balaban J connectivity index is 1.96. The zero-order valence-corrected chi connectivity index (χ0v) is 14.2. The summed E-state index contributed by atoms with van der Waals surface area (Å²) in [5.74, 6) is -2.00. The normalized spacial score (nSPS) is 16.7. The first-order valence-corrected chi connectivity index (χ1v) is 8.30. The van der Waals surface area contributed by atoms with Crippen molar-refractivity contribution in [2.45, 2.75) is 51.2 Å². The van der Waals surface area contributed by atoms with E-state index >= 15 is 0 Å². The van der Waals surface area contributed by atoms with Crippen molar-refractivity contribution in [3.63, 3.8) is 0 Å². The number of hydrogen-bond donors (Lipinski definition) is 1. The van der Waals surface area contributed by atoms with Gasteiger partial charge in [-0.3, -0.25) is 4.79 Å². The molecule has 0 bridgehead atoms. The van der Waals surface area contributed by atoms with Crippen LogP contribution in [0.1, 0.15) is 49.4 Å². The molecule has 1 aromatic rings. The first-order valence-electron chi connectivity index (χ1n) is 7.54. The molecule has 2 rings (SSSR count). The third kappa shape index (κ3) is 4.82. The minimum absolute atomic E-state index is 0.0266. The number of halogens is 3. The Morgan fingerprint density at radius 1 is 1.22 bits per heavy atom. The molecule has 1 aromatic carbocycles. The SMILES string of the molecule is C[C@@H](OC(=O)c1cc(F)c(Cl)cc1Cl)C(=O)NC1CCCCC1. The molecule has 0 saturated heterocycles. The van der Waals surface area contributed by atoms with Crippen molar-refractivity contribution < 1.29 is 18.7 Å². The Hall–Kier alpha value is -1.33. The van der Waals surface area contributed by atoms with Crippen molar-refractivity contribution in [2.75, 3.05) is 0 Å². The standard InChI is InChI=1S/C16H18Cl2FNO3/c1-9(15(21)20-10-5-3-2-4-6-10)23-16(22)11-7-14(19)13(18)8-12(11)17/h7-10H,2-6H2,1H3,(H,20,21)/t9-/m1/s1. The van der Waals surface area contributed by atoms with Gasteiger partial charge in [-0.15, -0.1) is 0 Å². The molecule has 1 fully saturated rings. The fourth-order valence-electron chi connectivity index (χ4n) is 2.52. The molecule has 0 aromatic heterocycles. The number of carbonyl (C=O) groups excluding carboxylic acids is 2. The lowest BCUT2D eigenvalue weighted by Gasteiger charge is -2.24. The summed E-state index contributed by atoms with van der Waals surface area (Å²) in [6.07, 6.45) is 4.22. The van der Waals surface area contributed by atoms with Crippen LogP contribution < -0.4 is 5.32 Å². The lowest BCUT2D eigenvalue weighted by atomic mass is 9.95. The Kier molecular flexibility index (Phi) is 6.25. The quantitative estimate of drug-likeness (QED) is 0.647. The van der Waals surface area contributed by atoms with E-state index in [0.29, 0.717) is 0 Å². The van der Waals surface area contributed by atoms with Gasteiger partial charge in [-0.1, -0.05) is 42.5 Å². The number of esters is 1. The van der Waals surface area contributed by atoms with E-state index in [0.717, 1.165) is 37.8 Å². The van der Waals surface area contributed by atoms with E-state index in [1.54, 1.807) is 0 Å². The summed E-state index contributed by atoms with van der Waals surface area (Å²) in [7, 11) is 0. The predicted octanol–water partition coefficient (Wildman–Crippen LogP) is 4.13. The van der Waals surface area contributed by atoms with Gasteiger partial charge in [0.1, 0.15) is 5.82 Å². The Morgan fingerprint density at radius 3 is 2.52 bits per heavy atom. The van der Waals surface area contributed by atoms with E-state index in [4.69, 9.17) is 27.9 Å². The van der Waals surface area contributed by atoms with Crippen molar-refractivity contribution in [1.82, 2.24) is 5.32 Å². The van der Waals surface area contributed by atoms with Gasteiger partial charge in [0.2, 0.25) is 0 Å². The van der Waals surface area contributed by atoms with Crippen LogP contribution in [0.3, 0.4) is 0 Å². The van der Waals surface area contributed by atoms with Gasteiger partial charge in [0.05, 0.1) is 15.6 Å². The molecule has 1 amide bonds. The highest BCUT2D eigenvalue weighted by molar-refractivity contribution is 6.36. The number of amides is 1. The number of nitrogens with one attached hydrogen (secondary N) is 1. The van der Waals surface area contributed by atoms with Gasteiger partial charge in [0.25, 0.3) is 5.91 Å². The Labute approximate surface area is 144 Å². The monoisotopic (exact) mass is 361 g/mol. The van der Waals surface area contributed by atoms with Crippen molar-refractivity contribution in [1.29, 1.82) is 0 Å². The topological polar surface area (TPSA) is 55.4 Å². The van der Waals surface area contributed by atoms with Crippen LogP contribution in [0.25, 0.3) is 0 Å². The van der Waals surface area contributed by atoms with Gasteiger partial charge in [0.15, 0.2) is 6.10 Å². The van der Waals surface area contributed by atoms with E-state index in [9.17, 15) is 14.0 Å². The molecular formula is C16H18Cl2FNO3. The molecule has 0 heterocycles. The van der Waals surface area contributed by atoms with Gasteiger partial charge in [-0.05, 0) is 31.9 Å². The zero-order chi connectivity index (χ0) is 17.0. The average Bonchev–Trinajstić information content (AvgIpc) is 2.51. The fourth-order valence-corrected chi connectivity index (χ4v) is 2.98. The van der Waals surface area contributed by atoms with Crippen molar-refractivity contribution in [2.24, 2.45) is 0 Å². The summed E-state index contributed by atoms with van der Waals surface area (Å²) in [4.78, 5) is 24.1. The van der Waals surface area contributed by atoms with Crippen LogP contribution in [0.4, 0.5) is 4.39 Å². The smallest absolute Gasteiger partial charge is 0.340 e. The molecule has 1 atom stereocenters. The van der Waals surface area contributed by atoms with E-state index in [2.05, 4.69) is 5.32 Å². The molecule has 1 aliphatic carbocycles. The highest BCUT2D eigenvalue weighted by atomic mass is 35.5. The second-order valence-electron chi connectivity index (χ2n) is 5.64. The summed E-state index contributed by atoms with van der Waals surface area (Å²) < 4.78 is 18.5. The molecule has 0 radical (unpaired) electrons. The van der Waals surface area contributed by atoms with E-state index in [1.807, 2.05) is 0 Å². The second-order valence-corrected chi connectivity index (χ2v) is 6.45. The number of benzene rings is 1. The van der Waals surface area contributed by atoms with Crippen molar-refractivity contribution >= 4 is 35.1 Å². The lowest BCUT2D eigenvalue weighted by molar-refractivity contribution is -0.130. The average molecular weight is 362 g/mol. The molecule has 0 unspecified atom stereocenters. The van der Waals surface area contributed by atoms with Crippen molar-refractivity contribution in [3.8, 4) is 0 Å². The fraction of sp³-hybridized carbons (Fsp3) is 0.500. The van der Waals surface area contributed by atoms with Gasteiger partial charge < -0.3 is 10.1 Å². The number of rotatable bonds is 4. The Bertz CT molecular complexity index is 603. The van der Waals surface area contributed by atoms with Crippen LogP contribution >= 0.6 is 23.2 Å². The maximum absolute atomic E-state index is 13.4. The van der Waals surface area contributed by atoms with Crippen LogP contribution in [-0.4, -0.2) is 24.0 Å². The molecule has 7 heteroatoms. The van der Waals surface area contributed by atoms with Gasteiger partial charge >= 0.3 is 5.97 Å². The predicted molar refractivity (Wildman–Crippen MR) is 86.3 cm³/mol. The minimum atomic E-state index is -0.987. The van der Waals surface area contributed by atoms with Crippen LogP contribution in [0.2, 0.25) is 10.0 Å². The highest BCUT2D eigenvalue weighted by Gasteiger charge is 2.24. The molecule has 0 aliphatic heterocycles. The number of ether oxygens (including phenoxy) is 1. The molecule has 1 saturated carbocycles. The first kappa shape index (κ1) is 18.0. The number of carbonyl (C=O) groups is 2. The largest absolute Gasteiger partial charge is 0.449 e. The van der Waals surface area contributed by atoms with E-state index in [-0.39, 0.29) is 27.6 Å². The molecule has 23 heavy (non-hydrogen) atoms. The third-order valence-corrected chi connectivity index (χ3v) is 4.44. The summed E-state index contributed by atoms with van der Waals surface area (Å²) in [5, 5.41) is 2.65. The zero-order valence-electron chi connectivity index (χ0n) is 12.7. The molecule has 1 aliphatic rings. The molecule has 1 N–H and O–H groups in total. The minimum Gasteiger partial charge on any atom is -0.449 e. The first-order chi connectivity index (χ1) is 10.9. The lowest BCUT2D eigenvalue weighted by Crippen LogP contribution is -2.42. The van der Waals surface area contributed by atoms with E-state index < -0.39 is 17.9 Å². The molecular weight excluding hydrogens is 344 g/mol. The summed E-state index contributed by atoms with van der Waals surface area (Å²) in [6, 6.07) is 2.15. The van der Waals surface area contributed by atoms with Crippen LogP contribution in [-0.2, 0) is 9.53 Å². The third-order valence-electron chi connectivity index (χ3n) is 3.83. The molecule has 126 valence electrons. The summed E-state index contributed by atoms with van der Waals surface area (Å²) in [6.45, 7) is 1.47. The second kappa shape index (κ2) is 7.97. The summed E-state index contributed by atoms with van der Waals surface area (Å²) >= 11 is 11.4. The van der Waals surface area contributed by atoms with Gasteiger partial charge in [-0.2, -0.15) is 0 Å². The highest BCUT2D eigenvalue weighted by Crippen LogP contribution is 2.25. The van der Waals surface area contributed by atoms with Crippen molar-refractivity contribution in [3.05, 3.63) is 33.6 Å². The Morgan fingerprint density at radius 2 is 1.87 bits per heavy atom. The van der Waals surface area contributed by atoms with Crippen LogP contribution in [0, 0.1) is 5.82 Å². The van der Waals surface area contributed by atoms with Gasteiger partial charge in [0, 0.05) is 6.04 Å². The summed E-state index contributed by atoms with van der Waals surface area (Å²) in [5.41, 5.74) is -0.161. The van der Waals surface area contributed by atoms with Crippen LogP contribution in [0.5, 0.6) is 0 Å².